The van der Waals surface area contributed by atoms with E-state index in [4.69, 9.17) is 0 Å². The highest BCUT2D eigenvalue weighted by molar-refractivity contribution is 5.92. The van der Waals surface area contributed by atoms with E-state index in [1.807, 2.05) is 18.1 Å². The van der Waals surface area contributed by atoms with Gasteiger partial charge in [-0.25, -0.2) is 4.98 Å². The number of amides is 1. The quantitative estimate of drug-likeness (QED) is 0.873. The van der Waals surface area contributed by atoms with Crippen molar-refractivity contribution < 1.29 is 4.79 Å². The molecule has 1 aliphatic heterocycles. The molecule has 2 aromatic heterocycles. The molecule has 2 aliphatic rings. The summed E-state index contributed by atoms with van der Waals surface area (Å²) in [5.74, 6) is 1.93. The summed E-state index contributed by atoms with van der Waals surface area (Å²) in [6.07, 6.45) is 8.48. The van der Waals surface area contributed by atoms with Crippen LogP contribution in [0.25, 0.3) is 0 Å². The summed E-state index contributed by atoms with van der Waals surface area (Å²) in [5, 5.41) is 4.10. The predicted molar refractivity (Wildman–Crippen MR) is 86.3 cm³/mol. The van der Waals surface area contributed by atoms with E-state index in [2.05, 4.69) is 21.6 Å². The van der Waals surface area contributed by atoms with Gasteiger partial charge in [-0.3, -0.25) is 9.48 Å². The van der Waals surface area contributed by atoms with Crippen molar-refractivity contribution >= 4 is 5.91 Å². The topological polar surface area (TPSA) is 56.0 Å². The van der Waals surface area contributed by atoms with Crippen molar-refractivity contribution in [2.45, 2.75) is 44.6 Å². The maximum absolute atomic E-state index is 12.7. The fraction of sp³-hybridized carbons (Fsp3) is 0.588. The fourth-order valence-corrected chi connectivity index (χ4v) is 3.79. The minimum atomic E-state index is 0.0791. The normalized spacial score (nSPS) is 21.7. The van der Waals surface area contributed by atoms with Crippen molar-refractivity contribution in [2.75, 3.05) is 13.1 Å². The van der Waals surface area contributed by atoms with Crippen molar-refractivity contribution in [1.82, 2.24) is 24.2 Å². The summed E-state index contributed by atoms with van der Waals surface area (Å²) < 4.78 is 4.04. The Morgan fingerprint density at radius 1 is 1.30 bits per heavy atom. The highest BCUT2D eigenvalue weighted by atomic mass is 16.2. The molecule has 122 valence electrons. The first-order valence-electron chi connectivity index (χ1n) is 8.46. The predicted octanol–water partition coefficient (Wildman–Crippen LogP) is 2.28. The van der Waals surface area contributed by atoms with Crippen molar-refractivity contribution in [3.8, 4) is 0 Å². The zero-order valence-corrected chi connectivity index (χ0v) is 13.8. The minimum absolute atomic E-state index is 0.0791. The van der Waals surface area contributed by atoms with Crippen LogP contribution in [0.4, 0.5) is 0 Å². The van der Waals surface area contributed by atoms with Crippen LogP contribution in [0, 0.1) is 6.92 Å². The molecule has 0 bridgehead atoms. The summed E-state index contributed by atoms with van der Waals surface area (Å²) in [6, 6.07) is 2.14. The molecule has 0 spiro atoms. The van der Waals surface area contributed by atoms with Gasteiger partial charge < -0.3 is 9.47 Å². The van der Waals surface area contributed by atoms with Gasteiger partial charge in [-0.05, 0) is 32.3 Å². The van der Waals surface area contributed by atoms with Gasteiger partial charge in [0.1, 0.15) is 11.5 Å². The monoisotopic (exact) mass is 313 g/mol. The van der Waals surface area contributed by atoms with Gasteiger partial charge in [0.15, 0.2) is 0 Å². The summed E-state index contributed by atoms with van der Waals surface area (Å²) in [5.41, 5.74) is 1.87. The second-order valence-electron chi connectivity index (χ2n) is 6.79. The Hall–Kier alpha value is -2.11. The van der Waals surface area contributed by atoms with Gasteiger partial charge in [-0.1, -0.05) is 6.42 Å². The molecule has 0 N–H and O–H groups in total. The van der Waals surface area contributed by atoms with Gasteiger partial charge in [0.05, 0.1) is 6.04 Å². The van der Waals surface area contributed by atoms with E-state index < -0.39 is 0 Å². The second kappa shape index (κ2) is 5.51. The lowest BCUT2D eigenvalue weighted by Crippen LogP contribution is -2.31. The lowest BCUT2D eigenvalue weighted by Gasteiger charge is -2.28. The average Bonchev–Trinajstić information content (AvgIpc) is 3.17. The summed E-state index contributed by atoms with van der Waals surface area (Å²) in [7, 11) is 1.81. The van der Waals surface area contributed by atoms with Gasteiger partial charge in [0, 0.05) is 44.1 Å². The van der Waals surface area contributed by atoms with Gasteiger partial charge in [0.25, 0.3) is 5.91 Å². The average molecular weight is 313 g/mol. The number of likely N-dealkylation sites (tertiary alicyclic amines) is 1. The molecule has 4 rings (SSSR count). The van der Waals surface area contributed by atoms with Crippen molar-refractivity contribution in [2.24, 2.45) is 7.05 Å². The number of hydrogen-bond donors (Lipinski definition) is 0. The van der Waals surface area contributed by atoms with Crippen LogP contribution >= 0.6 is 0 Å². The number of carbonyl (C=O) groups is 1. The number of nitrogens with zero attached hydrogens (tertiary/aromatic N) is 5. The molecular formula is C17H23N5O. The fourth-order valence-electron chi connectivity index (χ4n) is 3.79. The molecule has 2 aromatic rings. The van der Waals surface area contributed by atoms with Gasteiger partial charge >= 0.3 is 0 Å². The molecule has 1 atom stereocenters. The number of carbonyl (C=O) groups excluding carboxylic acids is 1. The number of hydrogen-bond acceptors (Lipinski definition) is 3. The number of aryl methyl sites for hydroxylation is 2. The van der Waals surface area contributed by atoms with Crippen molar-refractivity contribution in [3.63, 3.8) is 0 Å². The number of aromatic nitrogens is 4. The third kappa shape index (κ3) is 2.36. The lowest BCUT2D eigenvalue weighted by molar-refractivity contribution is 0.0776. The first-order valence-corrected chi connectivity index (χ1v) is 8.46. The Bertz CT molecular complexity index is 727. The Labute approximate surface area is 136 Å². The van der Waals surface area contributed by atoms with Crippen LogP contribution in [0.1, 0.15) is 59.6 Å². The summed E-state index contributed by atoms with van der Waals surface area (Å²) >= 11 is 0. The molecule has 0 radical (unpaired) electrons. The van der Waals surface area contributed by atoms with E-state index in [1.54, 1.807) is 16.9 Å². The standard InChI is InChI=1S/C17H23N5O/c1-12-10-18-16(13-4-3-5-13)22(12)14-7-9-21(11-14)17(23)15-6-8-19-20(15)2/h6,8,10,13-14H,3-5,7,9,11H2,1-2H3/t14-/m0/s1. The Morgan fingerprint density at radius 2 is 2.13 bits per heavy atom. The van der Waals surface area contributed by atoms with Crippen LogP contribution in [0.15, 0.2) is 18.5 Å². The van der Waals surface area contributed by atoms with Gasteiger partial charge in [-0.2, -0.15) is 5.10 Å². The maximum atomic E-state index is 12.7. The van der Waals surface area contributed by atoms with E-state index in [9.17, 15) is 4.79 Å². The third-order valence-corrected chi connectivity index (χ3v) is 5.34. The molecule has 0 aromatic carbocycles. The van der Waals surface area contributed by atoms with E-state index in [0.717, 1.165) is 19.5 Å². The first kappa shape index (κ1) is 14.5. The highest BCUT2D eigenvalue weighted by Gasteiger charge is 2.33. The SMILES string of the molecule is Cc1cnc(C2CCC2)n1[C@H]1CCN(C(=O)c2ccnn2C)C1. The Morgan fingerprint density at radius 3 is 2.78 bits per heavy atom. The molecule has 1 saturated heterocycles. The summed E-state index contributed by atoms with van der Waals surface area (Å²) in [6.45, 7) is 3.69. The molecule has 1 amide bonds. The summed E-state index contributed by atoms with van der Waals surface area (Å²) in [4.78, 5) is 19.3. The molecule has 6 heteroatoms. The van der Waals surface area contributed by atoms with E-state index >= 15 is 0 Å². The molecule has 23 heavy (non-hydrogen) atoms. The molecule has 1 saturated carbocycles. The Balaban J connectivity index is 1.54. The number of imidazole rings is 1. The van der Waals surface area contributed by atoms with E-state index in [1.165, 1.54) is 30.8 Å². The van der Waals surface area contributed by atoms with Crippen LogP contribution in [-0.2, 0) is 7.05 Å². The van der Waals surface area contributed by atoms with Gasteiger partial charge in [0.2, 0.25) is 0 Å². The molecule has 3 heterocycles. The lowest BCUT2D eigenvalue weighted by atomic mass is 9.84. The molecule has 6 nitrogen and oxygen atoms in total. The van der Waals surface area contributed by atoms with Crippen LogP contribution < -0.4 is 0 Å². The van der Waals surface area contributed by atoms with Gasteiger partial charge in [-0.15, -0.1) is 0 Å². The van der Waals surface area contributed by atoms with Crippen molar-refractivity contribution in [1.29, 1.82) is 0 Å². The third-order valence-electron chi connectivity index (χ3n) is 5.34. The number of rotatable bonds is 3. The molecule has 0 unspecified atom stereocenters. The van der Waals surface area contributed by atoms with Crippen LogP contribution in [0.3, 0.4) is 0 Å². The Kier molecular flexibility index (Phi) is 3.47. The molecule has 1 aliphatic carbocycles. The van der Waals surface area contributed by atoms with E-state index in [0.29, 0.717) is 17.7 Å². The molecule has 2 fully saturated rings. The van der Waals surface area contributed by atoms with Crippen molar-refractivity contribution in [3.05, 3.63) is 35.7 Å². The van der Waals surface area contributed by atoms with Crippen LogP contribution in [0.2, 0.25) is 0 Å². The maximum Gasteiger partial charge on any atom is 0.272 e. The van der Waals surface area contributed by atoms with Crippen LogP contribution in [-0.4, -0.2) is 43.2 Å². The van der Waals surface area contributed by atoms with E-state index in [-0.39, 0.29) is 5.91 Å². The highest BCUT2D eigenvalue weighted by Crippen LogP contribution is 2.38. The first-order chi connectivity index (χ1) is 11.1. The second-order valence-corrected chi connectivity index (χ2v) is 6.79. The molecular weight excluding hydrogens is 290 g/mol. The minimum Gasteiger partial charge on any atom is -0.335 e. The van der Waals surface area contributed by atoms with Crippen LogP contribution in [0.5, 0.6) is 0 Å². The zero-order valence-electron chi connectivity index (χ0n) is 13.8. The zero-order chi connectivity index (χ0) is 16.0. The largest absolute Gasteiger partial charge is 0.335 e. The smallest absolute Gasteiger partial charge is 0.272 e.